The molecule has 0 radical (unpaired) electrons. The lowest BCUT2D eigenvalue weighted by Gasteiger charge is -2.30. The second-order valence-corrected chi connectivity index (χ2v) is 4.97. The van der Waals surface area contributed by atoms with Crippen LogP contribution in [0.25, 0.3) is 11.0 Å². The number of aromatic amines is 1. The molecule has 3 heterocycles. The van der Waals surface area contributed by atoms with E-state index in [1.165, 1.54) is 0 Å². The fraction of sp³-hybridized carbons (Fsp3) is 0.455. The molecule has 0 aliphatic carbocycles. The molecule has 1 fully saturated rings. The van der Waals surface area contributed by atoms with Crippen LogP contribution in [0.2, 0.25) is 5.28 Å². The molecular formula is C11H13ClN6O. The minimum Gasteiger partial charge on any atom is -0.365 e. The zero-order chi connectivity index (χ0) is 13.4. The van der Waals surface area contributed by atoms with Crippen LogP contribution in [-0.4, -0.2) is 50.6 Å². The average molecular weight is 281 g/mol. The number of halogens is 1. The van der Waals surface area contributed by atoms with E-state index >= 15 is 0 Å². The van der Waals surface area contributed by atoms with Crippen LogP contribution in [0.1, 0.15) is 12.8 Å². The summed E-state index contributed by atoms with van der Waals surface area (Å²) in [4.78, 5) is 21.4. The van der Waals surface area contributed by atoms with Crippen molar-refractivity contribution in [3.05, 3.63) is 11.5 Å². The van der Waals surface area contributed by atoms with E-state index in [-0.39, 0.29) is 17.2 Å². The van der Waals surface area contributed by atoms with Crippen molar-refractivity contribution < 1.29 is 4.79 Å². The molecule has 0 aromatic carbocycles. The Morgan fingerprint density at radius 2 is 2.37 bits per heavy atom. The third kappa shape index (κ3) is 2.33. The van der Waals surface area contributed by atoms with E-state index in [0.29, 0.717) is 24.4 Å². The van der Waals surface area contributed by atoms with Crippen LogP contribution >= 0.6 is 11.6 Å². The van der Waals surface area contributed by atoms with Gasteiger partial charge in [-0.15, -0.1) is 0 Å². The summed E-state index contributed by atoms with van der Waals surface area (Å²) in [6.07, 6.45) is 2.98. The summed E-state index contributed by atoms with van der Waals surface area (Å²) in [5, 5.41) is 11.0. The number of likely N-dealkylation sites (tertiary alicyclic amines) is 1. The maximum Gasteiger partial charge on any atom is 0.226 e. The van der Waals surface area contributed by atoms with E-state index in [4.69, 9.17) is 11.6 Å². The third-order valence-electron chi connectivity index (χ3n) is 3.25. The molecule has 0 saturated carbocycles. The predicted molar refractivity (Wildman–Crippen MR) is 71.0 cm³/mol. The van der Waals surface area contributed by atoms with E-state index in [9.17, 15) is 4.79 Å². The number of hydrogen-bond acceptors (Lipinski definition) is 5. The second kappa shape index (κ2) is 4.65. The van der Waals surface area contributed by atoms with Crippen LogP contribution in [0.5, 0.6) is 0 Å². The van der Waals surface area contributed by atoms with Gasteiger partial charge in [-0.25, -0.2) is 0 Å². The highest BCUT2D eigenvalue weighted by atomic mass is 35.5. The quantitative estimate of drug-likeness (QED) is 0.803. The molecule has 3 rings (SSSR count). The van der Waals surface area contributed by atoms with Gasteiger partial charge in [0.25, 0.3) is 0 Å². The molecule has 2 aromatic heterocycles. The topological polar surface area (TPSA) is 86.8 Å². The Bertz CT molecular complexity index is 627. The number of carbonyl (C=O) groups is 1. The summed E-state index contributed by atoms with van der Waals surface area (Å²) in [6.45, 7) is 0.653. The van der Waals surface area contributed by atoms with Gasteiger partial charge in [-0.3, -0.25) is 9.89 Å². The Morgan fingerprint density at radius 3 is 3.16 bits per heavy atom. The van der Waals surface area contributed by atoms with Crippen molar-refractivity contribution in [2.45, 2.75) is 18.9 Å². The number of nitrogens with zero attached hydrogens (tertiary/aromatic N) is 4. The van der Waals surface area contributed by atoms with Crippen LogP contribution in [0.3, 0.4) is 0 Å². The van der Waals surface area contributed by atoms with Crippen molar-refractivity contribution in [1.82, 2.24) is 25.1 Å². The maximum atomic E-state index is 11.5. The Kier molecular flexibility index (Phi) is 2.98. The van der Waals surface area contributed by atoms with Gasteiger partial charge in [0.1, 0.15) is 5.82 Å². The van der Waals surface area contributed by atoms with Gasteiger partial charge in [-0.05, 0) is 18.0 Å². The molecule has 2 aromatic rings. The average Bonchev–Trinajstić information content (AvgIpc) is 2.82. The number of H-pyrrole nitrogens is 1. The first-order valence-corrected chi connectivity index (χ1v) is 6.38. The minimum absolute atomic E-state index is 0.159. The molecule has 1 saturated heterocycles. The van der Waals surface area contributed by atoms with Crippen molar-refractivity contribution in [3.8, 4) is 0 Å². The van der Waals surface area contributed by atoms with Crippen LogP contribution in [0.4, 0.5) is 5.82 Å². The number of aromatic nitrogens is 4. The molecule has 100 valence electrons. The molecule has 1 atom stereocenters. The first-order chi connectivity index (χ1) is 9.13. The smallest absolute Gasteiger partial charge is 0.226 e. The molecule has 2 N–H and O–H groups in total. The van der Waals surface area contributed by atoms with Gasteiger partial charge < -0.3 is 10.2 Å². The highest BCUT2D eigenvalue weighted by Crippen LogP contribution is 2.22. The van der Waals surface area contributed by atoms with Gasteiger partial charge in [0.15, 0.2) is 5.65 Å². The van der Waals surface area contributed by atoms with E-state index in [1.54, 1.807) is 18.1 Å². The molecule has 1 aliphatic heterocycles. The number of anilines is 1. The molecule has 8 heteroatoms. The molecule has 1 amide bonds. The van der Waals surface area contributed by atoms with Crippen molar-refractivity contribution in [2.24, 2.45) is 0 Å². The van der Waals surface area contributed by atoms with E-state index in [0.717, 1.165) is 11.8 Å². The van der Waals surface area contributed by atoms with E-state index in [1.807, 2.05) is 0 Å². The fourth-order valence-corrected chi connectivity index (χ4v) is 2.41. The van der Waals surface area contributed by atoms with Gasteiger partial charge >= 0.3 is 0 Å². The second-order valence-electron chi connectivity index (χ2n) is 4.63. The van der Waals surface area contributed by atoms with Gasteiger partial charge in [0.05, 0.1) is 11.6 Å². The minimum atomic E-state index is 0.159. The molecule has 7 nitrogen and oxygen atoms in total. The predicted octanol–water partition coefficient (Wildman–Crippen LogP) is 1.04. The molecule has 19 heavy (non-hydrogen) atoms. The van der Waals surface area contributed by atoms with Crippen molar-refractivity contribution in [3.63, 3.8) is 0 Å². The first-order valence-electron chi connectivity index (χ1n) is 6.00. The summed E-state index contributed by atoms with van der Waals surface area (Å²) < 4.78 is 0. The van der Waals surface area contributed by atoms with Crippen LogP contribution in [0, 0.1) is 0 Å². The third-order valence-corrected chi connectivity index (χ3v) is 3.42. The van der Waals surface area contributed by atoms with Gasteiger partial charge in [0.2, 0.25) is 11.2 Å². The number of hydrogen-bond donors (Lipinski definition) is 2. The SMILES string of the molecule is CN1CC(Nc2nc(Cl)nc3[nH]ncc23)CCC1=O. The first kappa shape index (κ1) is 12.2. The zero-order valence-corrected chi connectivity index (χ0v) is 11.1. The molecule has 0 spiro atoms. The summed E-state index contributed by atoms with van der Waals surface area (Å²) in [5.74, 6) is 0.823. The summed E-state index contributed by atoms with van der Waals surface area (Å²) in [5.41, 5.74) is 0.600. The number of fused-ring (bicyclic) bond motifs is 1. The van der Waals surface area contributed by atoms with Crippen LogP contribution in [0.15, 0.2) is 6.20 Å². The fourth-order valence-electron chi connectivity index (χ4n) is 2.24. The maximum absolute atomic E-state index is 11.5. The molecule has 0 bridgehead atoms. The monoisotopic (exact) mass is 280 g/mol. The van der Waals surface area contributed by atoms with E-state index in [2.05, 4.69) is 25.5 Å². The lowest BCUT2D eigenvalue weighted by Crippen LogP contribution is -2.43. The lowest BCUT2D eigenvalue weighted by atomic mass is 10.1. The normalized spacial score (nSPS) is 20.0. The van der Waals surface area contributed by atoms with Crippen molar-refractivity contribution >= 4 is 34.4 Å². The summed E-state index contributed by atoms with van der Waals surface area (Å²) >= 11 is 5.88. The van der Waals surface area contributed by atoms with Gasteiger partial charge in [-0.1, -0.05) is 0 Å². The standard InChI is InChI=1S/C11H13ClN6O/c1-18-5-6(2-3-8(18)19)14-9-7-4-13-17-10(7)16-11(12)15-9/h4,6H,2-3,5H2,1H3,(H2,13,14,15,16,17). The Labute approximate surface area is 114 Å². The van der Waals surface area contributed by atoms with Gasteiger partial charge in [0, 0.05) is 26.1 Å². The van der Waals surface area contributed by atoms with Crippen LogP contribution in [-0.2, 0) is 4.79 Å². The highest BCUT2D eigenvalue weighted by Gasteiger charge is 2.23. The number of nitrogens with one attached hydrogen (secondary N) is 2. The summed E-state index contributed by atoms with van der Waals surface area (Å²) in [7, 11) is 1.80. The molecule has 1 aliphatic rings. The number of rotatable bonds is 2. The van der Waals surface area contributed by atoms with Gasteiger partial charge in [-0.2, -0.15) is 15.1 Å². The largest absolute Gasteiger partial charge is 0.365 e. The Morgan fingerprint density at radius 1 is 1.53 bits per heavy atom. The number of likely N-dealkylation sites (N-methyl/N-ethyl adjacent to an activating group) is 1. The van der Waals surface area contributed by atoms with E-state index < -0.39 is 0 Å². The lowest BCUT2D eigenvalue weighted by molar-refractivity contribution is -0.132. The Hall–Kier alpha value is -1.89. The zero-order valence-electron chi connectivity index (χ0n) is 10.4. The van der Waals surface area contributed by atoms with Crippen molar-refractivity contribution in [1.29, 1.82) is 0 Å². The van der Waals surface area contributed by atoms with Crippen LogP contribution < -0.4 is 5.32 Å². The van der Waals surface area contributed by atoms with Crippen molar-refractivity contribution in [2.75, 3.05) is 18.9 Å². The Balaban J connectivity index is 1.85. The highest BCUT2D eigenvalue weighted by molar-refractivity contribution is 6.28. The number of carbonyl (C=O) groups excluding carboxylic acids is 1. The number of amides is 1. The molecule has 1 unspecified atom stereocenters. The summed E-state index contributed by atoms with van der Waals surface area (Å²) in [6, 6.07) is 0.159. The number of piperidine rings is 1. The molecular weight excluding hydrogens is 268 g/mol.